The van der Waals surface area contributed by atoms with Crippen molar-refractivity contribution in [2.75, 3.05) is 32.1 Å². The fourth-order valence-corrected chi connectivity index (χ4v) is 6.65. The zero-order chi connectivity index (χ0) is 23.4. The standard InChI is InChI=1S/C23H29N5O5S/c1-32-17-11-27(12-17)16-10-28-22(33-13-16)20(9-24-28)34(30,31)26-23(29)25-21-18-6-2-4-14(18)8-15-5-3-7-19(15)21/h8-9,16-17H,2-7,10-13H2,1H3,(H2,25,26,29)/t16-/m0/s1. The van der Waals surface area contributed by atoms with Gasteiger partial charge >= 0.3 is 6.03 Å². The summed E-state index contributed by atoms with van der Waals surface area (Å²) < 4.78 is 41.0. The Balaban J connectivity index is 1.17. The van der Waals surface area contributed by atoms with Crippen LogP contribution in [0.3, 0.4) is 0 Å². The van der Waals surface area contributed by atoms with Crippen LogP contribution < -0.4 is 14.8 Å². The van der Waals surface area contributed by atoms with E-state index in [1.165, 1.54) is 17.3 Å². The van der Waals surface area contributed by atoms with Crippen LogP contribution in [0.2, 0.25) is 0 Å². The van der Waals surface area contributed by atoms with Gasteiger partial charge in [0.25, 0.3) is 10.0 Å². The number of nitrogens with one attached hydrogen (secondary N) is 2. The molecular formula is C23H29N5O5S. The Morgan fingerprint density at radius 1 is 1.12 bits per heavy atom. The molecule has 2 aromatic rings. The molecule has 2 aliphatic carbocycles. The van der Waals surface area contributed by atoms with Gasteiger partial charge in [0.2, 0.25) is 5.88 Å². The number of urea groups is 1. The molecule has 2 aliphatic heterocycles. The van der Waals surface area contributed by atoms with Crippen LogP contribution >= 0.6 is 0 Å². The number of fused-ring (bicyclic) bond motifs is 3. The lowest BCUT2D eigenvalue weighted by molar-refractivity contribution is -0.0687. The molecule has 0 spiro atoms. The minimum atomic E-state index is -4.15. The molecule has 182 valence electrons. The van der Waals surface area contributed by atoms with Crippen LogP contribution in [-0.4, -0.2) is 68.1 Å². The number of hydrogen-bond donors (Lipinski definition) is 2. The SMILES string of the molecule is COC1CN([C@@H]2COc3c(S(=O)(=O)NC(=O)Nc4c5c(cc6c4CCC6)CCC5)cnn3C2)C1. The molecule has 2 N–H and O–H groups in total. The Morgan fingerprint density at radius 3 is 2.50 bits per heavy atom. The number of carbonyl (C=O) groups is 1. The van der Waals surface area contributed by atoms with Gasteiger partial charge in [-0.2, -0.15) is 5.10 Å². The van der Waals surface area contributed by atoms with Crippen molar-refractivity contribution in [3.63, 3.8) is 0 Å². The van der Waals surface area contributed by atoms with Gasteiger partial charge < -0.3 is 14.8 Å². The van der Waals surface area contributed by atoms with Crippen molar-refractivity contribution < 1.29 is 22.7 Å². The highest BCUT2D eigenvalue weighted by molar-refractivity contribution is 7.90. The summed E-state index contributed by atoms with van der Waals surface area (Å²) in [7, 11) is -2.45. The average molecular weight is 488 g/mol. The van der Waals surface area contributed by atoms with E-state index in [1.807, 2.05) is 0 Å². The second kappa shape index (κ2) is 8.24. The van der Waals surface area contributed by atoms with E-state index in [1.54, 1.807) is 11.8 Å². The van der Waals surface area contributed by atoms with Crippen molar-refractivity contribution in [2.24, 2.45) is 0 Å². The number of ether oxygens (including phenoxy) is 2. The van der Waals surface area contributed by atoms with Crippen molar-refractivity contribution in [2.45, 2.75) is 62.1 Å². The maximum absolute atomic E-state index is 13.1. The highest BCUT2D eigenvalue weighted by Crippen LogP contribution is 2.38. The predicted octanol–water partition coefficient (Wildman–Crippen LogP) is 1.46. The van der Waals surface area contributed by atoms with Crippen molar-refractivity contribution in [1.29, 1.82) is 0 Å². The molecule has 10 nitrogen and oxygen atoms in total. The van der Waals surface area contributed by atoms with Gasteiger partial charge in [-0.3, -0.25) is 4.90 Å². The first-order valence-corrected chi connectivity index (χ1v) is 13.4. The minimum absolute atomic E-state index is 0.105. The second-order valence-electron chi connectivity index (χ2n) is 9.57. The van der Waals surface area contributed by atoms with Crippen LogP contribution in [0.1, 0.15) is 35.1 Å². The van der Waals surface area contributed by atoms with Crippen molar-refractivity contribution in [3.05, 3.63) is 34.5 Å². The van der Waals surface area contributed by atoms with Crippen LogP contribution in [0, 0.1) is 0 Å². The number of anilines is 1. The number of carbonyl (C=O) groups excluding carboxylic acids is 1. The van der Waals surface area contributed by atoms with E-state index in [2.05, 4.69) is 26.1 Å². The number of nitrogens with zero attached hydrogens (tertiary/aromatic N) is 3. The molecule has 1 saturated heterocycles. The van der Waals surface area contributed by atoms with Gasteiger partial charge in [0.05, 0.1) is 24.9 Å². The highest BCUT2D eigenvalue weighted by atomic mass is 32.2. The molecule has 2 amide bonds. The average Bonchev–Trinajstić information content (AvgIpc) is 3.51. The van der Waals surface area contributed by atoms with E-state index in [4.69, 9.17) is 9.47 Å². The largest absolute Gasteiger partial charge is 0.475 e. The molecular weight excluding hydrogens is 458 g/mol. The molecule has 0 bridgehead atoms. The van der Waals surface area contributed by atoms with E-state index >= 15 is 0 Å². The van der Waals surface area contributed by atoms with Crippen LogP contribution in [0.25, 0.3) is 0 Å². The number of methoxy groups -OCH3 is 1. The first-order valence-electron chi connectivity index (χ1n) is 11.9. The molecule has 3 heterocycles. The number of aryl methyl sites for hydroxylation is 2. The summed E-state index contributed by atoms with van der Waals surface area (Å²) in [5, 5.41) is 7.09. The van der Waals surface area contributed by atoms with Crippen LogP contribution in [-0.2, 0) is 47.0 Å². The number of aromatic nitrogens is 2. The summed E-state index contributed by atoms with van der Waals surface area (Å²) in [4.78, 5) is 15.0. The highest BCUT2D eigenvalue weighted by Gasteiger charge is 2.38. The lowest BCUT2D eigenvalue weighted by Gasteiger charge is -2.44. The molecule has 0 radical (unpaired) electrons. The predicted molar refractivity (Wildman–Crippen MR) is 124 cm³/mol. The summed E-state index contributed by atoms with van der Waals surface area (Å²) in [6.45, 7) is 2.52. The molecule has 1 aromatic heterocycles. The monoisotopic (exact) mass is 487 g/mol. The molecule has 0 unspecified atom stereocenters. The normalized spacial score (nSPS) is 21.9. The first kappa shape index (κ1) is 21.9. The fourth-order valence-electron chi connectivity index (χ4n) is 5.67. The Labute approximate surface area is 198 Å². The molecule has 1 fully saturated rings. The lowest BCUT2D eigenvalue weighted by atomic mass is 9.99. The zero-order valence-corrected chi connectivity index (χ0v) is 20.0. The van der Waals surface area contributed by atoms with Gasteiger partial charge in [-0.1, -0.05) is 6.07 Å². The van der Waals surface area contributed by atoms with Crippen molar-refractivity contribution >= 4 is 21.7 Å². The number of sulfonamides is 1. The minimum Gasteiger partial charge on any atom is -0.475 e. The van der Waals surface area contributed by atoms with Gasteiger partial charge in [-0.15, -0.1) is 0 Å². The Bertz CT molecular complexity index is 1220. The summed E-state index contributed by atoms with van der Waals surface area (Å²) in [6, 6.07) is 1.62. The smallest absolute Gasteiger partial charge is 0.333 e. The third-order valence-electron chi connectivity index (χ3n) is 7.51. The number of amides is 2. The Hall–Kier alpha value is -2.63. The number of benzene rings is 1. The number of rotatable bonds is 5. The second-order valence-corrected chi connectivity index (χ2v) is 11.2. The number of likely N-dealkylation sites (tertiary alicyclic amines) is 1. The van der Waals surface area contributed by atoms with Gasteiger partial charge in [0.15, 0.2) is 4.90 Å². The van der Waals surface area contributed by atoms with Crippen LogP contribution in [0.5, 0.6) is 5.88 Å². The van der Waals surface area contributed by atoms with Gasteiger partial charge in [-0.25, -0.2) is 22.6 Å². The topological polar surface area (TPSA) is 115 Å². The van der Waals surface area contributed by atoms with E-state index in [9.17, 15) is 13.2 Å². The molecule has 1 atom stereocenters. The van der Waals surface area contributed by atoms with Gasteiger partial charge in [-0.05, 0) is 60.8 Å². The van der Waals surface area contributed by atoms with E-state index in [-0.39, 0.29) is 22.9 Å². The summed E-state index contributed by atoms with van der Waals surface area (Å²) in [6.07, 6.45) is 7.39. The fraction of sp³-hybridized carbons (Fsp3) is 0.565. The van der Waals surface area contributed by atoms with Gasteiger partial charge in [0, 0.05) is 25.9 Å². The van der Waals surface area contributed by atoms with Crippen LogP contribution in [0.15, 0.2) is 17.2 Å². The Morgan fingerprint density at radius 2 is 1.82 bits per heavy atom. The third kappa shape index (κ3) is 3.66. The summed E-state index contributed by atoms with van der Waals surface area (Å²) in [5.74, 6) is 0.168. The molecule has 0 saturated carbocycles. The Kier molecular flexibility index (Phi) is 5.30. The zero-order valence-electron chi connectivity index (χ0n) is 19.2. The first-order chi connectivity index (χ1) is 16.4. The summed E-state index contributed by atoms with van der Waals surface area (Å²) in [5.41, 5.74) is 5.63. The lowest BCUT2D eigenvalue weighted by Crippen LogP contribution is -2.59. The molecule has 4 aliphatic rings. The molecule has 6 rings (SSSR count). The molecule has 34 heavy (non-hydrogen) atoms. The van der Waals surface area contributed by atoms with E-state index < -0.39 is 16.1 Å². The van der Waals surface area contributed by atoms with E-state index in [0.717, 1.165) is 68.4 Å². The maximum atomic E-state index is 13.1. The third-order valence-corrected chi connectivity index (χ3v) is 8.82. The molecule has 11 heteroatoms. The van der Waals surface area contributed by atoms with Crippen molar-refractivity contribution in [1.82, 2.24) is 19.4 Å². The van der Waals surface area contributed by atoms with Crippen molar-refractivity contribution in [3.8, 4) is 5.88 Å². The molecule has 1 aromatic carbocycles. The quantitative estimate of drug-likeness (QED) is 0.656. The van der Waals surface area contributed by atoms with Gasteiger partial charge in [0.1, 0.15) is 6.61 Å². The van der Waals surface area contributed by atoms with E-state index in [0.29, 0.717) is 13.2 Å². The number of hydrogen-bond acceptors (Lipinski definition) is 7. The van der Waals surface area contributed by atoms with Crippen LogP contribution in [0.4, 0.5) is 10.5 Å². The maximum Gasteiger partial charge on any atom is 0.333 e. The summed E-state index contributed by atoms with van der Waals surface area (Å²) >= 11 is 0.